The number of carboxylic acid groups (broad SMARTS) is 1. The third-order valence-electron chi connectivity index (χ3n) is 6.34. The number of ether oxygens (including phenoxy) is 2. The molecule has 0 bridgehead atoms. The number of likely N-dealkylation sites (tertiary alicyclic amines) is 1. The summed E-state index contributed by atoms with van der Waals surface area (Å²) < 4.78 is 12.2. The van der Waals surface area contributed by atoms with Crippen molar-refractivity contribution in [3.63, 3.8) is 0 Å². The van der Waals surface area contributed by atoms with Gasteiger partial charge in [-0.3, -0.25) is 4.98 Å². The van der Waals surface area contributed by atoms with Crippen LogP contribution in [0.4, 0.5) is 4.79 Å². The molecule has 7 nitrogen and oxygen atoms in total. The summed E-state index contributed by atoms with van der Waals surface area (Å²) in [6, 6.07) is 11.5. The van der Waals surface area contributed by atoms with E-state index in [0.29, 0.717) is 13.1 Å². The summed E-state index contributed by atoms with van der Waals surface area (Å²) in [5.41, 5.74) is 1.29. The number of carboxylic acids is 1. The number of hydrogen-bond acceptors (Lipinski definition) is 5. The Hall–Kier alpha value is -2.45. The first-order valence-corrected chi connectivity index (χ1v) is 11.1. The Morgan fingerprint density at radius 3 is 2.48 bits per heavy atom. The molecule has 4 rings (SSSR count). The average Bonchev–Trinajstić information content (AvgIpc) is 2.76. The van der Waals surface area contributed by atoms with Crippen molar-refractivity contribution in [2.24, 2.45) is 5.41 Å². The summed E-state index contributed by atoms with van der Waals surface area (Å²) in [5.74, 6) is -0.985. The van der Waals surface area contributed by atoms with Gasteiger partial charge < -0.3 is 19.5 Å². The smallest absolute Gasteiger partial charge is 0.410 e. The molecule has 0 unspecified atom stereocenters. The Labute approximate surface area is 189 Å². The topological polar surface area (TPSA) is 89.0 Å². The van der Waals surface area contributed by atoms with Gasteiger partial charge in [0, 0.05) is 35.5 Å². The first kappa shape index (κ1) is 21.8. The summed E-state index contributed by atoms with van der Waals surface area (Å²) in [7, 11) is 0. The number of carbonyl (C=O) groups excluding carboxylic acids is 1. The second-order valence-electron chi connectivity index (χ2n) is 8.41. The van der Waals surface area contributed by atoms with E-state index in [1.165, 1.54) is 0 Å². The van der Waals surface area contributed by atoms with Crippen LogP contribution in [0.5, 0.6) is 0 Å². The SMILES string of the molecule is O=C(O)COC1(c2ccncc2Br)CC2(CCN(C(=O)OCc3ccccc3)CC2)C1. The number of aromatic nitrogens is 1. The lowest BCUT2D eigenvalue weighted by atomic mass is 9.53. The quantitative estimate of drug-likeness (QED) is 0.649. The molecule has 0 radical (unpaired) electrons. The summed E-state index contributed by atoms with van der Waals surface area (Å²) >= 11 is 3.53. The highest BCUT2D eigenvalue weighted by Crippen LogP contribution is 2.61. The van der Waals surface area contributed by atoms with Gasteiger partial charge in [0.05, 0.1) is 5.60 Å². The Morgan fingerprint density at radius 2 is 1.84 bits per heavy atom. The van der Waals surface area contributed by atoms with Gasteiger partial charge in [-0.15, -0.1) is 0 Å². The molecule has 2 heterocycles. The van der Waals surface area contributed by atoms with Crippen molar-refractivity contribution in [2.45, 2.75) is 37.9 Å². The lowest BCUT2D eigenvalue weighted by Gasteiger charge is -2.58. The largest absolute Gasteiger partial charge is 0.480 e. The standard InChI is InChI=1S/C23H25BrN2O5/c24-19-12-25-9-6-18(19)23(31-14-20(27)28)15-22(16-23)7-10-26(11-8-22)21(29)30-13-17-4-2-1-3-5-17/h1-6,9,12H,7-8,10-11,13-16H2,(H,27,28). The number of pyridine rings is 1. The molecular formula is C23H25BrN2O5. The van der Waals surface area contributed by atoms with Crippen LogP contribution in [0.1, 0.15) is 36.8 Å². The number of benzene rings is 1. The molecule has 2 aromatic rings. The van der Waals surface area contributed by atoms with Gasteiger partial charge in [-0.1, -0.05) is 30.3 Å². The Kier molecular flexibility index (Phi) is 6.29. The molecule has 2 aliphatic rings. The summed E-state index contributed by atoms with van der Waals surface area (Å²) in [6.07, 6.45) is 6.25. The van der Waals surface area contributed by atoms with Crippen LogP contribution in [0.2, 0.25) is 0 Å². The highest BCUT2D eigenvalue weighted by Gasteiger charge is 2.58. The Balaban J connectivity index is 1.36. The minimum Gasteiger partial charge on any atom is -0.480 e. The van der Waals surface area contributed by atoms with Crippen molar-refractivity contribution in [1.82, 2.24) is 9.88 Å². The second-order valence-corrected chi connectivity index (χ2v) is 9.27. The molecule has 1 amide bonds. The molecule has 8 heteroatoms. The van der Waals surface area contributed by atoms with Crippen LogP contribution in [-0.4, -0.2) is 46.7 Å². The van der Waals surface area contributed by atoms with Crippen LogP contribution in [0.15, 0.2) is 53.3 Å². The zero-order valence-electron chi connectivity index (χ0n) is 17.1. The second kappa shape index (κ2) is 8.96. The van der Waals surface area contributed by atoms with Crippen LogP contribution >= 0.6 is 15.9 Å². The molecule has 1 aromatic heterocycles. The van der Waals surface area contributed by atoms with Gasteiger partial charge >= 0.3 is 12.1 Å². The van der Waals surface area contributed by atoms with Gasteiger partial charge in [0.25, 0.3) is 0 Å². The molecule has 1 N–H and O–H groups in total. The number of hydrogen-bond donors (Lipinski definition) is 1. The fraction of sp³-hybridized carbons (Fsp3) is 0.435. The van der Waals surface area contributed by atoms with Gasteiger partial charge in [-0.25, -0.2) is 9.59 Å². The summed E-state index contributed by atoms with van der Waals surface area (Å²) in [6.45, 7) is 1.17. The van der Waals surface area contributed by atoms with Crippen LogP contribution in [0.25, 0.3) is 0 Å². The molecule has 2 fully saturated rings. The maximum atomic E-state index is 12.5. The van der Waals surface area contributed by atoms with Gasteiger partial charge in [0.2, 0.25) is 0 Å². The van der Waals surface area contributed by atoms with E-state index < -0.39 is 11.6 Å². The zero-order chi connectivity index (χ0) is 21.9. The minimum absolute atomic E-state index is 0.0391. The molecule has 31 heavy (non-hydrogen) atoms. The lowest BCUT2D eigenvalue weighted by molar-refractivity contribution is -0.198. The third-order valence-corrected chi connectivity index (χ3v) is 6.98. The monoisotopic (exact) mass is 488 g/mol. The number of piperidine rings is 1. The predicted molar refractivity (Wildman–Crippen MR) is 116 cm³/mol. The lowest BCUT2D eigenvalue weighted by Crippen LogP contribution is -2.56. The molecule has 1 aliphatic carbocycles. The number of carbonyl (C=O) groups is 2. The van der Waals surface area contributed by atoms with Crippen LogP contribution in [-0.2, 0) is 26.5 Å². The Morgan fingerprint density at radius 1 is 1.13 bits per heavy atom. The van der Waals surface area contributed by atoms with Gasteiger partial charge in [0.15, 0.2) is 0 Å². The number of nitrogens with zero attached hydrogens (tertiary/aromatic N) is 2. The molecule has 164 valence electrons. The van der Waals surface area contributed by atoms with Crippen molar-refractivity contribution in [2.75, 3.05) is 19.7 Å². The van der Waals surface area contributed by atoms with E-state index >= 15 is 0 Å². The van der Waals surface area contributed by atoms with E-state index in [1.807, 2.05) is 36.4 Å². The molecule has 1 saturated heterocycles. The number of rotatable bonds is 6. The van der Waals surface area contributed by atoms with Crippen molar-refractivity contribution in [3.05, 3.63) is 64.4 Å². The molecular weight excluding hydrogens is 464 g/mol. The van der Waals surface area contributed by atoms with Gasteiger partial charge in [-0.05, 0) is 58.7 Å². The Bertz CT molecular complexity index is 936. The molecule has 0 atom stereocenters. The minimum atomic E-state index is -0.985. The number of amides is 1. The summed E-state index contributed by atoms with van der Waals surface area (Å²) in [4.78, 5) is 29.5. The highest BCUT2D eigenvalue weighted by molar-refractivity contribution is 9.10. The van der Waals surface area contributed by atoms with E-state index in [0.717, 1.165) is 41.3 Å². The normalized spacial score (nSPS) is 18.9. The van der Waals surface area contributed by atoms with E-state index in [2.05, 4.69) is 20.9 Å². The number of aliphatic carboxylic acids is 1. The predicted octanol–water partition coefficient (Wildman–Crippen LogP) is 4.35. The fourth-order valence-corrected chi connectivity index (χ4v) is 5.41. The number of halogens is 1. The van der Waals surface area contributed by atoms with Crippen molar-refractivity contribution in [1.29, 1.82) is 0 Å². The first-order chi connectivity index (χ1) is 14.9. The van der Waals surface area contributed by atoms with Crippen molar-refractivity contribution >= 4 is 28.0 Å². The van der Waals surface area contributed by atoms with Crippen molar-refractivity contribution < 1.29 is 24.2 Å². The molecule has 1 aromatic carbocycles. The fourth-order valence-electron chi connectivity index (χ4n) is 4.80. The van der Waals surface area contributed by atoms with E-state index in [4.69, 9.17) is 14.6 Å². The van der Waals surface area contributed by atoms with Crippen molar-refractivity contribution in [3.8, 4) is 0 Å². The van der Waals surface area contributed by atoms with E-state index in [-0.39, 0.29) is 24.7 Å². The highest BCUT2D eigenvalue weighted by atomic mass is 79.9. The van der Waals surface area contributed by atoms with E-state index in [1.54, 1.807) is 17.3 Å². The average molecular weight is 489 g/mol. The molecule has 1 aliphatic heterocycles. The maximum Gasteiger partial charge on any atom is 0.410 e. The van der Waals surface area contributed by atoms with Crippen LogP contribution < -0.4 is 0 Å². The molecule has 1 saturated carbocycles. The van der Waals surface area contributed by atoms with Crippen LogP contribution in [0.3, 0.4) is 0 Å². The first-order valence-electron chi connectivity index (χ1n) is 10.3. The zero-order valence-corrected chi connectivity index (χ0v) is 18.7. The summed E-state index contributed by atoms with van der Waals surface area (Å²) in [5, 5.41) is 9.14. The molecule has 1 spiro atoms. The van der Waals surface area contributed by atoms with Gasteiger partial charge in [-0.2, -0.15) is 0 Å². The maximum absolute atomic E-state index is 12.5. The van der Waals surface area contributed by atoms with Crippen LogP contribution in [0, 0.1) is 5.41 Å². The van der Waals surface area contributed by atoms with E-state index in [9.17, 15) is 9.59 Å². The van der Waals surface area contributed by atoms with Gasteiger partial charge in [0.1, 0.15) is 13.2 Å². The third kappa shape index (κ3) is 4.75.